The van der Waals surface area contributed by atoms with Crippen LogP contribution in [0.15, 0.2) is 57.7 Å². The minimum Gasteiger partial charge on any atom is -0.508 e. The van der Waals surface area contributed by atoms with E-state index in [4.69, 9.17) is 4.42 Å². The average Bonchev–Trinajstić information content (AvgIpc) is 2.52. The van der Waals surface area contributed by atoms with Crippen LogP contribution < -0.4 is 10.9 Å². The third-order valence-electron chi connectivity index (χ3n) is 3.66. The number of nitrogens with one attached hydrogen (secondary N) is 1. The molecule has 3 rings (SSSR count). The molecule has 0 saturated carbocycles. The molecule has 0 radical (unpaired) electrons. The lowest BCUT2D eigenvalue weighted by Crippen LogP contribution is -2.05. The van der Waals surface area contributed by atoms with Crippen molar-refractivity contribution >= 4 is 16.7 Å². The van der Waals surface area contributed by atoms with E-state index in [1.54, 1.807) is 12.1 Å². The van der Waals surface area contributed by atoms with Crippen LogP contribution in [0.3, 0.4) is 0 Å². The Morgan fingerprint density at radius 2 is 1.86 bits per heavy atom. The van der Waals surface area contributed by atoms with E-state index in [2.05, 4.69) is 24.4 Å². The lowest BCUT2D eigenvalue weighted by atomic mass is 10.1. The quantitative estimate of drug-likeness (QED) is 0.721. The molecular weight excluding hydrogens is 278 g/mol. The van der Waals surface area contributed by atoms with Crippen molar-refractivity contribution < 1.29 is 9.52 Å². The predicted octanol–water partition coefficient (Wildman–Crippen LogP) is 3.67. The summed E-state index contributed by atoms with van der Waals surface area (Å²) in [4.78, 5) is 11.6. The Bertz CT molecular complexity index is 850. The highest BCUT2D eigenvalue weighted by molar-refractivity contribution is 5.81. The summed E-state index contributed by atoms with van der Waals surface area (Å²) in [5.41, 5.74) is 3.09. The van der Waals surface area contributed by atoms with Crippen molar-refractivity contribution in [2.45, 2.75) is 19.9 Å². The van der Waals surface area contributed by atoms with E-state index in [1.807, 2.05) is 12.1 Å². The fraction of sp³-hybridized carbons (Fsp3) is 0.167. The first-order valence-electron chi connectivity index (χ1n) is 7.24. The van der Waals surface area contributed by atoms with Gasteiger partial charge in [0.25, 0.3) is 0 Å². The molecule has 0 spiro atoms. The molecule has 1 heterocycles. The van der Waals surface area contributed by atoms with Crippen molar-refractivity contribution in [2.24, 2.45) is 0 Å². The van der Waals surface area contributed by atoms with Crippen LogP contribution in [-0.2, 0) is 13.0 Å². The summed E-state index contributed by atoms with van der Waals surface area (Å²) in [6, 6.07) is 14.5. The fourth-order valence-electron chi connectivity index (χ4n) is 2.42. The lowest BCUT2D eigenvalue weighted by molar-refractivity contribution is 0.473. The SMILES string of the molecule is CCc1ccc(NCc2cc(=O)oc3cc(O)ccc23)cc1. The summed E-state index contributed by atoms with van der Waals surface area (Å²) in [6.45, 7) is 2.63. The Balaban J connectivity index is 1.88. The van der Waals surface area contributed by atoms with E-state index in [0.717, 1.165) is 23.1 Å². The highest BCUT2D eigenvalue weighted by atomic mass is 16.4. The molecule has 0 saturated heterocycles. The molecule has 0 fully saturated rings. The molecule has 112 valence electrons. The number of aromatic hydroxyl groups is 1. The molecule has 2 N–H and O–H groups in total. The number of aryl methyl sites for hydroxylation is 1. The van der Waals surface area contributed by atoms with Gasteiger partial charge in [0.15, 0.2) is 0 Å². The normalized spacial score (nSPS) is 10.8. The monoisotopic (exact) mass is 295 g/mol. The second-order valence-electron chi connectivity index (χ2n) is 5.18. The smallest absolute Gasteiger partial charge is 0.336 e. The van der Waals surface area contributed by atoms with Gasteiger partial charge < -0.3 is 14.8 Å². The molecule has 4 nitrogen and oxygen atoms in total. The Labute approximate surface area is 128 Å². The van der Waals surface area contributed by atoms with E-state index in [-0.39, 0.29) is 5.75 Å². The summed E-state index contributed by atoms with van der Waals surface area (Å²) in [5, 5.41) is 13.6. The number of fused-ring (bicyclic) bond motifs is 1. The van der Waals surface area contributed by atoms with E-state index in [9.17, 15) is 9.90 Å². The van der Waals surface area contributed by atoms with Crippen LogP contribution in [0.4, 0.5) is 5.69 Å². The van der Waals surface area contributed by atoms with Crippen LogP contribution in [0.2, 0.25) is 0 Å². The molecule has 0 unspecified atom stereocenters. The van der Waals surface area contributed by atoms with Crippen LogP contribution >= 0.6 is 0 Å². The molecule has 0 amide bonds. The highest BCUT2D eigenvalue weighted by Crippen LogP contribution is 2.22. The minimum absolute atomic E-state index is 0.0795. The highest BCUT2D eigenvalue weighted by Gasteiger charge is 2.06. The molecule has 0 bridgehead atoms. The van der Waals surface area contributed by atoms with Gasteiger partial charge in [0.2, 0.25) is 0 Å². The first-order chi connectivity index (χ1) is 10.7. The van der Waals surface area contributed by atoms with E-state index in [1.165, 1.54) is 17.7 Å². The summed E-state index contributed by atoms with van der Waals surface area (Å²) in [5.74, 6) is 0.0795. The number of benzene rings is 2. The largest absolute Gasteiger partial charge is 0.508 e. The molecular formula is C18H17NO3. The van der Waals surface area contributed by atoms with Gasteiger partial charge in [-0.25, -0.2) is 4.79 Å². The Morgan fingerprint density at radius 3 is 2.59 bits per heavy atom. The number of hydrogen-bond donors (Lipinski definition) is 2. The fourth-order valence-corrected chi connectivity index (χ4v) is 2.42. The maximum absolute atomic E-state index is 11.6. The summed E-state index contributed by atoms with van der Waals surface area (Å²) >= 11 is 0. The van der Waals surface area contributed by atoms with E-state index >= 15 is 0 Å². The molecule has 0 aliphatic carbocycles. The number of phenols is 1. The average molecular weight is 295 g/mol. The van der Waals surface area contributed by atoms with Gasteiger partial charge in [-0.1, -0.05) is 19.1 Å². The zero-order valence-corrected chi connectivity index (χ0v) is 12.3. The van der Waals surface area contributed by atoms with Crippen molar-refractivity contribution in [3.8, 4) is 5.75 Å². The zero-order chi connectivity index (χ0) is 15.5. The van der Waals surface area contributed by atoms with Crippen LogP contribution in [0.1, 0.15) is 18.1 Å². The second-order valence-corrected chi connectivity index (χ2v) is 5.18. The van der Waals surface area contributed by atoms with Crippen molar-refractivity contribution in [2.75, 3.05) is 5.32 Å². The van der Waals surface area contributed by atoms with E-state index in [0.29, 0.717) is 12.1 Å². The third-order valence-corrected chi connectivity index (χ3v) is 3.66. The third kappa shape index (κ3) is 2.96. The van der Waals surface area contributed by atoms with Crippen molar-refractivity contribution in [3.05, 3.63) is 70.1 Å². The van der Waals surface area contributed by atoms with E-state index < -0.39 is 5.63 Å². The maximum atomic E-state index is 11.6. The van der Waals surface area contributed by atoms with Gasteiger partial charge in [0, 0.05) is 29.8 Å². The number of phenolic OH excluding ortho intramolecular Hbond substituents is 1. The van der Waals surface area contributed by atoms with Crippen LogP contribution in [0, 0.1) is 0 Å². The summed E-state index contributed by atoms with van der Waals surface area (Å²) < 4.78 is 5.12. The van der Waals surface area contributed by atoms with Crippen molar-refractivity contribution in [3.63, 3.8) is 0 Å². The summed E-state index contributed by atoms with van der Waals surface area (Å²) in [7, 11) is 0. The molecule has 2 aromatic carbocycles. The second kappa shape index (κ2) is 5.93. The Morgan fingerprint density at radius 1 is 1.09 bits per heavy atom. The topological polar surface area (TPSA) is 62.5 Å². The Hall–Kier alpha value is -2.75. The van der Waals surface area contributed by atoms with Gasteiger partial charge in [-0.15, -0.1) is 0 Å². The van der Waals surface area contributed by atoms with Crippen LogP contribution in [0.5, 0.6) is 5.75 Å². The molecule has 0 aliphatic heterocycles. The number of anilines is 1. The van der Waals surface area contributed by atoms with Gasteiger partial charge >= 0.3 is 5.63 Å². The molecule has 0 aliphatic rings. The molecule has 4 heteroatoms. The maximum Gasteiger partial charge on any atom is 0.336 e. The summed E-state index contributed by atoms with van der Waals surface area (Å²) in [6.07, 6.45) is 1.01. The predicted molar refractivity (Wildman–Crippen MR) is 87.3 cm³/mol. The van der Waals surface area contributed by atoms with Gasteiger partial charge in [0.1, 0.15) is 11.3 Å². The van der Waals surface area contributed by atoms with Gasteiger partial charge in [0.05, 0.1) is 0 Å². The number of hydrogen-bond acceptors (Lipinski definition) is 4. The van der Waals surface area contributed by atoms with Crippen molar-refractivity contribution in [1.29, 1.82) is 0 Å². The number of rotatable bonds is 4. The molecule has 0 atom stereocenters. The Kier molecular flexibility index (Phi) is 3.83. The van der Waals surface area contributed by atoms with Gasteiger partial charge in [-0.3, -0.25) is 0 Å². The molecule has 1 aromatic heterocycles. The van der Waals surface area contributed by atoms with Gasteiger partial charge in [-0.05, 0) is 41.8 Å². The van der Waals surface area contributed by atoms with Crippen molar-refractivity contribution in [1.82, 2.24) is 0 Å². The molecule has 22 heavy (non-hydrogen) atoms. The minimum atomic E-state index is -0.420. The first-order valence-corrected chi connectivity index (χ1v) is 7.24. The first kappa shape index (κ1) is 14.2. The van der Waals surface area contributed by atoms with Crippen LogP contribution in [0.25, 0.3) is 11.0 Å². The lowest BCUT2D eigenvalue weighted by Gasteiger charge is -2.09. The standard InChI is InChI=1S/C18H17NO3/c1-2-12-3-5-14(6-4-12)19-11-13-9-18(21)22-17-10-15(20)7-8-16(13)17/h3-10,19-20H,2,11H2,1H3. The molecule has 3 aromatic rings. The van der Waals surface area contributed by atoms with Gasteiger partial charge in [-0.2, -0.15) is 0 Å². The zero-order valence-electron chi connectivity index (χ0n) is 12.3. The van der Waals surface area contributed by atoms with Crippen LogP contribution in [-0.4, -0.2) is 5.11 Å².